The van der Waals surface area contributed by atoms with Gasteiger partial charge in [0.15, 0.2) is 0 Å². The molecule has 6 nitrogen and oxygen atoms in total. The number of amides is 1. The number of rotatable bonds is 5. The smallest absolute Gasteiger partial charge is 0.243 e. The van der Waals surface area contributed by atoms with E-state index in [4.69, 9.17) is 0 Å². The van der Waals surface area contributed by atoms with Crippen LogP contribution in [0.25, 0.3) is 0 Å². The second-order valence-corrected chi connectivity index (χ2v) is 9.38. The zero-order chi connectivity index (χ0) is 19.4. The van der Waals surface area contributed by atoms with E-state index in [0.29, 0.717) is 19.4 Å². The fourth-order valence-corrected chi connectivity index (χ4v) is 4.89. The molecule has 0 aliphatic carbocycles. The molecule has 1 aliphatic heterocycles. The summed E-state index contributed by atoms with van der Waals surface area (Å²) in [6.07, 6.45) is 1.32. The molecular weight excluding hydrogens is 430 g/mol. The van der Waals surface area contributed by atoms with Gasteiger partial charge in [-0.3, -0.25) is 15.2 Å². The summed E-state index contributed by atoms with van der Waals surface area (Å²) in [6, 6.07) is 16.0. The topological polar surface area (TPSA) is 69.7 Å². The molecule has 1 N–H and O–H groups in total. The summed E-state index contributed by atoms with van der Waals surface area (Å²) in [5.74, 6) is -0.549. The van der Waals surface area contributed by atoms with E-state index in [9.17, 15) is 13.2 Å². The van der Waals surface area contributed by atoms with Gasteiger partial charge in [0, 0.05) is 24.6 Å². The summed E-state index contributed by atoms with van der Waals surface area (Å²) >= 11 is 3.31. The Bertz CT molecular complexity index is 888. The number of hydrogen-bond acceptors (Lipinski definition) is 4. The number of anilines is 1. The van der Waals surface area contributed by atoms with Crippen LogP contribution in [0, 0.1) is 5.92 Å². The zero-order valence-corrected chi connectivity index (χ0v) is 17.4. The highest BCUT2D eigenvalue weighted by molar-refractivity contribution is 9.10. The van der Waals surface area contributed by atoms with Crippen LogP contribution in [0.15, 0.2) is 64.0 Å². The molecule has 1 atom stereocenters. The van der Waals surface area contributed by atoms with Crippen LogP contribution in [0.4, 0.5) is 5.69 Å². The zero-order valence-electron chi connectivity index (χ0n) is 15.0. The summed E-state index contributed by atoms with van der Waals surface area (Å²) in [7, 11) is -1.84. The second-order valence-electron chi connectivity index (χ2n) is 6.53. The van der Waals surface area contributed by atoms with Crippen molar-refractivity contribution in [1.82, 2.24) is 9.73 Å². The highest BCUT2D eigenvalue weighted by Gasteiger charge is 2.33. The first-order valence-electron chi connectivity index (χ1n) is 8.73. The fourth-order valence-electron chi connectivity index (χ4n) is 3.10. The average Bonchev–Trinajstić information content (AvgIpc) is 2.69. The third-order valence-electron chi connectivity index (χ3n) is 4.63. The highest BCUT2D eigenvalue weighted by Crippen LogP contribution is 2.25. The summed E-state index contributed by atoms with van der Waals surface area (Å²) in [5.41, 5.74) is 3.71. The number of halogens is 1. The van der Waals surface area contributed by atoms with E-state index in [-0.39, 0.29) is 23.3 Å². The monoisotopic (exact) mass is 451 g/mol. The lowest BCUT2D eigenvalue weighted by Gasteiger charge is -2.32. The molecule has 1 amide bonds. The lowest BCUT2D eigenvalue weighted by molar-refractivity contribution is -0.126. The van der Waals surface area contributed by atoms with Gasteiger partial charge in [0.2, 0.25) is 15.9 Å². The number of benzene rings is 2. The van der Waals surface area contributed by atoms with E-state index in [2.05, 4.69) is 21.4 Å². The Balaban J connectivity index is 1.68. The standard InChI is InChI=1S/C19H22BrN3O3S/c1-22(17-7-3-2-4-8-17)21-19(24)15-6-5-13-23(14-15)27(25,26)18-11-9-16(20)10-12-18/h2-4,7-12,15H,5-6,13-14H2,1H3,(H,21,24). The van der Waals surface area contributed by atoms with Gasteiger partial charge in [0.1, 0.15) is 0 Å². The molecule has 3 rings (SSSR count). The van der Waals surface area contributed by atoms with Gasteiger partial charge in [-0.15, -0.1) is 0 Å². The molecule has 1 heterocycles. The molecule has 0 spiro atoms. The number of nitrogens with zero attached hydrogens (tertiary/aromatic N) is 2. The van der Waals surface area contributed by atoms with Crippen LogP contribution in [0.5, 0.6) is 0 Å². The van der Waals surface area contributed by atoms with Gasteiger partial charge in [-0.05, 0) is 49.2 Å². The van der Waals surface area contributed by atoms with Crippen LogP contribution in [-0.2, 0) is 14.8 Å². The summed E-state index contributed by atoms with van der Waals surface area (Å²) in [5, 5.41) is 1.66. The van der Waals surface area contributed by atoms with Crippen molar-refractivity contribution >= 4 is 37.5 Å². The van der Waals surface area contributed by atoms with Crippen molar-refractivity contribution in [2.75, 3.05) is 25.1 Å². The van der Waals surface area contributed by atoms with Gasteiger partial charge in [-0.2, -0.15) is 4.31 Å². The first-order valence-corrected chi connectivity index (χ1v) is 11.0. The molecular formula is C19H22BrN3O3S. The molecule has 0 radical (unpaired) electrons. The maximum Gasteiger partial charge on any atom is 0.243 e. The van der Waals surface area contributed by atoms with Crippen LogP contribution in [0.3, 0.4) is 0 Å². The number of para-hydroxylation sites is 1. The van der Waals surface area contributed by atoms with Gasteiger partial charge in [-0.25, -0.2) is 8.42 Å². The number of hydrazine groups is 1. The van der Waals surface area contributed by atoms with E-state index < -0.39 is 10.0 Å². The Labute approximate surface area is 168 Å². The molecule has 0 saturated carbocycles. The molecule has 0 bridgehead atoms. The van der Waals surface area contributed by atoms with Crippen molar-refractivity contribution in [2.45, 2.75) is 17.7 Å². The molecule has 1 unspecified atom stereocenters. The van der Waals surface area contributed by atoms with Crippen molar-refractivity contribution < 1.29 is 13.2 Å². The summed E-state index contributed by atoms with van der Waals surface area (Å²) in [6.45, 7) is 0.615. The molecule has 2 aromatic carbocycles. The van der Waals surface area contributed by atoms with E-state index >= 15 is 0 Å². The number of sulfonamides is 1. The number of piperidine rings is 1. The Hall–Kier alpha value is -1.90. The van der Waals surface area contributed by atoms with Crippen molar-refractivity contribution in [1.29, 1.82) is 0 Å². The second kappa shape index (κ2) is 8.41. The first-order chi connectivity index (χ1) is 12.9. The van der Waals surface area contributed by atoms with Crippen LogP contribution < -0.4 is 10.4 Å². The van der Waals surface area contributed by atoms with Crippen LogP contribution in [-0.4, -0.2) is 38.8 Å². The van der Waals surface area contributed by atoms with E-state index in [1.807, 2.05) is 30.3 Å². The quantitative estimate of drug-likeness (QED) is 0.709. The maximum absolute atomic E-state index is 12.9. The third-order valence-corrected chi connectivity index (χ3v) is 7.04. The minimum absolute atomic E-state index is 0.169. The summed E-state index contributed by atoms with van der Waals surface area (Å²) < 4.78 is 28.0. The average molecular weight is 452 g/mol. The molecule has 8 heteroatoms. The van der Waals surface area contributed by atoms with Crippen LogP contribution in [0.2, 0.25) is 0 Å². The van der Waals surface area contributed by atoms with Gasteiger partial charge in [0.25, 0.3) is 0 Å². The number of carbonyl (C=O) groups excluding carboxylic acids is 1. The normalized spacial score (nSPS) is 18.1. The third kappa shape index (κ3) is 4.69. The minimum Gasteiger partial charge on any atom is -0.289 e. The van der Waals surface area contributed by atoms with Crippen LogP contribution in [0.1, 0.15) is 12.8 Å². The van der Waals surface area contributed by atoms with Crippen molar-refractivity contribution in [3.8, 4) is 0 Å². The molecule has 1 saturated heterocycles. The SMILES string of the molecule is CN(NC(=O)C1CCCN(S(=O)(=O)c2ccc(Br)cc2)C1)c1ccccc1. The molecule has 1 fully saturated rings. The predicted molar refractivity (Wildman–Crippen MR) is 109 cm³/mol. The minimum atomic E-state index is -3.61. The fraction of sp³-hybridized carbons (Fsp3) is 0.316. The highest BCUT2D eigenvalue weighted by atomic mass is 79.9. The largest absolute Gasteiger partial charge is 0.289 e. The Morgan fingerprint density at radius 2 is 1.81 bits per heavy atom. The number of carbonyl (C=O) groups is 1. The number of nitrogens with one attached hydrogen (secondary N) is 1. The molecule has 0 aromatic heterocycles. The molecule has 144 valence electrons. The van der Waals surface area contributed by atoms with Gasteiger partial charge < -0.3 is 0 Å². The van der Waals surface area contributed by atoms with Crippen molar-refractivity contribution in [3.63, 3.8) is 0 Å². The number of hydrogen-bond donors (Lipinski definition) is 1. The van der Waals surface area contributed by atoms with Crippen molar-refractivity contribution in [2.24, 2.45) is 5.92 Å². The molecule has 1 aliphatic rings. The summed E-state index contributed by atoms with van der Waals surface area (Å²) in [4.78, 5) is 12.9. The Morgan fingerprint density at radius 1 is 1.15 bits per heavy atom. The Kier molecular flexibility index (Phi) is 6.18. The van der Waals surface area contributed by atoms with Crippen LogP contribution >= 0.6 is 15.9 Å². The van der Waals surface area contributed by atoms with E-state index in [0.717, 1.165) is 10.2 Å². The molecule has 27 heavy (non-hydrogen) atoms. The predicted octanol–water partition coefficient (Wildman–Crippen LogP) is 3.02. The van der Waals surface area contributed by atoms with E-state index in [1.165, 1.54) is 4.31 Å². The first kappa shape index (κ1) is 19.9. The lowest BCUT2D eigenvalue weighted by atomic mass is 9.99. The van der Waals surface area contributed by atoms with Crippen molar-refractivity contribution in [3.05, 3.63) is 59.1 Å². The maximum atomic E-state index is 12.9. The molecule has 2 aromatic rings. The van der Waals surface area contributed by atoms with Gasteiger partial charge in [0.05, 0.1) is 16.5 Å². The Morgan fingerprint density at radius 3 is 2.48 bits per heavy atom. The van der Waals surface area contributed by atoms with Gasteiger partial charge >= 0.3 is 0 Å². The van der Waals surface area contributed by atoms with Gasteiger partial charge in [-0.1, -0.05) is 34.1 Å². The van der Waals surface area contributed by atoms with E-state index in [1.54, 1.807) is 36.3 Å². The lowest BCUT2D eigenvalue weighted by Crippen LogP contribution is -2.49.